The summed E-state index contributed by atoms with van der Waals surface area (Å²) in [6.45, 7) is 8.19. The highest BCUT2D eigenvalue weighted by Crippen LogP contribution is 2.25. The van der Waals surface area contributed by atoms with Gasteiger partial charge in [0.2, 0.25) is 0 Å². The maximum atomic E-state index is 12.7. The van der Waals surface area contributed by atoms with Crippen LogP contribution in [0.15, 0.2) is 33.4 Å². The molecule has 1 aromatic carbocycles. The maximum absolute atomic E-state index is 12.7. The van der Waals surface area contributed by atoms with Gasteiger partial charge in [-0.05, 0) is 71.9 Å². The molecule has 0 saturated carbocycles. The summed E-state index contributed by atoms with van der Waals surface area (Å²) in [5.74, 6) is 0.876. The molecule has 0 aliphatic carbocycles. The third kappa shape index (κ3) is 4.58. The predicted octanol–water partition coefficient (Wildman–Crippen LogP) is 3.72. The number of aryl methyl sites for hydroxylation is 2. The molecule has 2 heterocycles. The average molecular weight is 449 g/mol. The number of hydrogen-bond acceptors (Lipinski definition) is 4. The lowest BCUT2D eigenvalue weighted by molar-refractivity contribution is -0.133. The van der Waals surface area contributed by atoms with Gasteiger partial charge >= 0.3 is 0 Å². The van der Waals surface area contributed by atoms with Crippen LogP contribution < -0.4 is 4.74 Å². The molecular formula is C21H25BrN2O4. The van der Waals surface area contributed by atoms with Gasteiger partial charge < -0.3 is 19.0 Å². The van der Waals surface area contributed by atoms with Gasteiger partial charge in [-0.1, -0.05) is 12.1 Å². The Bertz CT molecular complexity index is 877. The van der Waals surface area contributed by atoms with Crippen molar-refractivity contribution in [2.45, 2.75) is 27.2 Å². The third-order valence-electron chi connectivity index (χ3n) is 5.13. The molecule has 0 N–H and O–H groups in total. The number of ether oxygens (including phenoxy) is 1. The summed E-state index contributed by atoms with van der Waals surface area (Å²) in [5, 5.41) is 0. The molecule has 0 bridgehead atoms. The van der Waals surface area contributed by atoms with Crippen molar-refractivity contribution in [2.75, 3.05) is 32.8 Å². The zero-order valence-electron chi connectivity index (χ0n) is 16.5. The average Bonchev–Trinajstić information content (AvgIpc) is 2.96. The lowest BCUT2D eigenvalue weighted by atomic mass is 10.1. The molecule has 1 saturated heterocycles. The molecule has 0 radical (unpaired) electrons. The second-order valence-electron chi connectivity index (χ2n) is 7.07. The molecule has 0 atom stereocenters. The van der Waals surface area contributed by atoms with Gasteiger partial charge in [0.1, 0.15) is 5.75 Å². The minimum absolute atomic E-state index is 0.00418. The maximum Gasteiger partial charge on any atom is 0.289 e. The molecule has 1 fully saturated rings. The van der Waals surface area contributed by atoms with Crippen LogP contribution >= 0.6 is 15.9 Å². The lowest BCUT2D eigenvalue weighted by Crippen LogP contribution is -2.39. The molecule has 2 amide bonds. The Hall–Kier alpha value is -2.28. The van der Waals surface area contributed by atoms with Crippen molar-refractivity contribution in [1.29, 1.82) is 0 Å². The summed E-state index contributed by atoms with van der Waals surface area (Å²) >= 11 is 3.22. The Morgan fingerprint density at radius 1 is 1.00 bits per heavy atom. The number of furan rings is 1. The zero-order valence-corrected chi connectivity index (χ0v) is 18.0. The highest BCUT2D eigenvalue weighted by molar-refractivity contribution is 9.10. The molecule has 1 aromatic heterocycles. The van der Waals surface area contributed by atoms with Gasteiger partial charge in [0.05, 0.1) is 0 Å². The van der Waals surface area contributed by atoms with E-state index in [1.165, 1.54) is 0 Å². The Morgan fingerprint density at radius 2 is 1.68 bits per heavy atom. The fourth-order valence-electron chi connectivity index (χ4n) is 3.33. The number of halogens is 1. The molecule has 2 aromatic rings. The minimum atomic E-state index is -0.151. The van der Waals surface area contributed by atoms with Gasteiger partial charge in [0, 0.05) is 26.2 Å². The molecule has 6 nitrogen and oxygen atoms in total. The van der Waals surface area contributed by atoms with Crippen LogP contribution in [-0.2, 0) is 4.79 Å². The van der Waals surface area contributed by atoms with E-state index in [0.29, 0.717) is 36.6 Å². The van der Waals surface area contributed by atoms with Crippen LogP contribution in [0.2, 0.25) is 0 Å². The van der Waals surface area contributed by atoms with E-state index in [1.54, 1.807) is 21.9 Å². The summed E-state index contributed by atoms with van der Waals surface area (Å²) in [4.78, 5) is 28.7. The number of carbonyl (C=O) groups is 2. The monoisotopic (exact) mass is 448 g/mol. The first-order chi connectivity index (χ1) is 13.4. The van der Waals surface area contributed by atoms with E-state index in [0.717, 1.165) is 28.9 Å². The standard InChI is InChI=1S/C21H25BrN2O4/c1-14-5-6-15(2)20(16(14)3)27-13-19(25)23-9-4-10-24(12-11-23)21(26)17-7-8-18(22)28-17/h5-8H,4,9-13H2,1-3H3. The fraction of sp³-hybridized carbons (Fsp3) is 0.429. The van der Waals surface area contributed by atoms with E-state index in [2.05, 4.69) is 22.0 Å². The van der Waals surface area contributed by atoms with E-state index < -0.39 is 0 Å². The Kier molecular flexibility index (Phi) is 6.44. The van der Waals surface area contributed by atoms with Crippen LogP contribution in [-0.4, -0.2) is 54.4 Å². The number of rotatable bonds is 4. The van der Waals surface area contributed by atoms with E-state index in [1.807, 2.05) is 26.8 Å². The van der Waals surface area contributed by atoms with E-state index >= 15 is 0 Å². The smallest absolute Gasteiger partial charge is 0.289 e. The Balaban J connectivity index is 1.57. The van der Waals surface area contributed by atoms with Crippen molar-refractivity contribution in [3.8, 4) is 5.75 Å². The highest BCUT2D eigenvalue weighted by Gasteiger charge is 2.25. The summed E-state index contributed by atoms with van der Waals surface area (Å²) in [6, 6.07) is 7.41. The van der Waals surface area contributed by atoms with E-state index in [4.69, 9.17) is 9.15 Å². The van der Waals surface area contributed by atoms with Crippen molar-refractivity contribution < 1.29 is 18.7 Å². The first kappa shape index (κ1) is 20.5. The van der Waals surface area contributed by atoms with Gasteiger partial charge in [-0.15, -0.1) is 0 Å². The minimum Gasteiger partial charge on any atom is -0.483 e. The predicted molar refractivity (Wildman–Crippen MR) is 110 cm³/mol. The Morgan fingerprint density at radius 3 is 2.39 bits per heavy atom. The van der Waals surface area contributed by atoms with Crippen molar-refractivity contribution in [3.05, 3.63) is 51.4 Å². The molecular weight excluding hydrogens is 424 g/mol. The van der Waals surface area contributed by atoms with Gasteiger partial charge in [0.15, 0.2) is 17.0 Å². The van der Waals surface area contributed by atoms with Crippen molar-refractivity contribution in [2.24, 2.45) is 0 Å². The van der Waals surface area contributed by atoms with Crippen LogP contribution in [0.4, 0.5) is 0 Å². The normalized spacial score (nSPS) is 14.7. The largest absolute Gasteiger partial charge is 0.483 e. The molecule has 0 unspecified atom stereocenters. The van der Waals surface area contributed by atoms with Gasteiger partial charge in [0.25, 0.3) is 11.8 Å². The Labute approximate surface area is 173 Å². The lowest BCUT2D eigenvalue weighted by Gasteiger charge is -2.22. The fourth-order valence-corrected chi connectivity index (χ4v) is 3.63. The second-order valence-corrected chi connectivity index (χ2v) is 7.85. The zero-order chi connectivity index (χ0) is 20.3. The van der Waals surface area contributed by atoms with Crippen molar-refractivity contribution in [1.82, 2.24) is 9.80 Å². The number of benzene rings is 1. The van der Waals surface area contributed by atoms with Crippen LogP contribution in [0.5, 0.6) is 5.75 Å². The first-order valence-corrected chi connectivity index (χ1v) is 10.2. The molecule has 150 valence electrons. The van der Waals surface area contributed by atoms with Gasteiger partial charge in [-0.25, -0.2) is 0 Å². The molecule has 28 heavy (non-hydrogen) atoms. The van der Waals surface area contributed by atoms with Crippen molar-refractivity contribution in [3.63, 3.8) is 0 Å². The number of carbonyl (C=O) groups excluding carboxylic acids is 2. The van der Waals surface area contributed by atoms with Crippen LogP contribution in [0.3, 0.4) is 0 Å². The topological polar surface area (TPSA) is 63.0 Å². The number of amides is 2. The van der Waals surface area contributed by atoms with Crippen molar-refractivity contribution >= 4 is 27.7 Å². The highest BCUT2D eigenvalue weighted by atomic mass is 79.9. The third-order valence-corrected chi connectivity index (χ3v) is 5.56. The quantitative estimate of drug-likeness (QED) is 0.714. The summed E-state index contributed by atoms with van der Waals surface area (Å²) < 4.78 is 11.7. The SMILES string of the molecule is Cc1ccc(C)c(OCC(=O)N2CCCN(C(=O)c3ccc(Br)o3)CC2)c1C. The number of nitrogens with zero attached hydrogens (tertiary/aromatic N) is 2. The summed E-state index contributed by atoms with van der Waals surface area (Å²) in [5.41, 5.74) is 3.22. The molecule has 0 spiro atoms. The van der Waals surface area contributed by atoms with Gasteiger partial charge in [-0.2, -0.15) is 0 Å². The molecule has 7 heteroatoms. The van der Waals surface area contributed by atoms with E-state index in [9.17, 15) is 9.59 Å². The van der Waals surface area contributed by atoms with Crippen LogP contribution in [0.1, 0.15) is 33.7 Å². The summed E-state index contributed by atoms with van der Waals surface area (Å²) in [6.07, 6.45) is 0.724. The first-order valence-electron chi connectivity index (χ1n) is 9.39. The van der Waals surface area contributed by atoms with Gasteiger partial charge in [-0.3, -0.25) is 9.59 Å². The second kappa shape index (κ2) is 8.82. The van der Waals surface area contributed by atoms with Crippen LogP contribution in [0, 0.1) is 20.8 Å². The number of hydrogen-bond donors (Lipinski definition) is 0. The molecule has 1 aliphatic heterocycles. The molecule has 1 aliphatic rings. The molecule has 3 rings (SSSR count). The van der Waals surface area contributed by atoms with Crippen LogP contribution in [0.25, 0.3) is 0 Å². The summed E-state index contributed by atoms with van der Waals surface area (Å²) in [7, 11) is 0. The van der Waals surface area contributed by atoms with E-state index in [-0.39, 0.29) is 18.4 Å².